The molecule has 130 valence electrons. The molecule has 0 fully saturated rings. The third kappa shape index (κ3) is 4.16. The van der Waals surface area contributed by atoms with E-state index in [0.717, 1.165) is 0 Å². The van der Waals surface area contributed by atoms with Crippen LogP contribution in [0.25, 0.3) is 0 Å². The summed E-state index contributed by atoms with van der Waals surface area (Å²) in [5, 5.41) is 0. The highest BCUT2D eigenvalue weighted by atomic mass is 16.5. The van der Waals surface area contributed by atoms with Crippen LogP contribution < -0.4 is 9.47 Å². The number of ketones is 2. The molecule has 0 radical (unpaired) electrons. The van der Waals surface area contributed by atoms with E-state index < -0.39 is 0 Å². The number of carbonyl (C=O) groups is 2. The van der Waals surface area contributed by atoms with Crippen LogP contribution in [0.5, 0.6) is 11.5 Å². The molecule has 0 aromatic heterocycles. The van der Waals surface area contributed by atoms with Gasteiger partial charge in [0, 0.05) is 16.7 Å². The fraction of sp³-hybridized carbons (Fsp3) is 0.0909. The van der Waals surface area contributed by atoms with Crippen LogP contribution in [0, 0.1) is 0 Å². The molecular formula is C22H18O4. The van der Waals surface area contributed by atoms with Crippen molar-refractivity contribution >= 4 is 11.6 Å². The van der Waals surface area contributed by atoms with Gasteiger partial charge in [0.25, 0.3) is 0 Å². The molecular weight excluding hydrogens is 328 g/mol. The fourth-order valence-corrected chi connectivity index (χ4v) is 2.49. The number of rotatable bonds is 7. The number of hydrogen-bond donors (Lipinski definition) is 0. The highest BCUT2D eigenvalue weighted by molar-refractivity contribution is 6.09. The molecule has 4 heteroatoms. The summed E-state index contributed by atoms with van der Waals surface area (Å²) in [4.78, 5) is 24.6. The van der Waals surface area contributed by atoms with Gasteiger partial charge in [-0.15, -0.1) is 0 Å². The Morgan fingerprint density at radius 2 is 1.38 bits per heavy atom. The Bertz CT molecular complexity index is 899. The molecule has 3 aromatic rings. The third-order valence-electron chi connectivity index (χ3n) is 3.91. The summed E-state index contributed by atoms with van der Waals surface area (Å²) in [5.74, 6) is 0.962. The van der Waals surface area contributed by atoms with Crippen LogP contribution in [0.1, 0.15) is 26.3 Å². The lowest BCUT2D eigenvalue weighted by Crippen LogP contribution is -2.11. The van der Waals surface area contributed by atoms with Crippen LogP contribution in [-0.4, -0.2) is 25.3 Å². The van der Waals surface area contributed by atoms with Gasteiger partial charge >= 0.3 is 0 Å². The fourth-order valence-electron chi connectivity index (χ4n) is 2.49. The van der Waals surface area contributed by atoms with Crippen LogP contribution >= 0.6 is 0 Å². The Kier molecular flexibility index (Phi) is 5.44. The van der Waals surface area contributed by atoms with E-state index in [-0.39, 0.29) is 18.2 Å². The second-order valence-electron chi connectivity index (χ2n) is 5.66. The zero-order chi connectivity index (χ0) is 18.4. The molecule has 0 aliphatic carbocycles. The molecule has 26 heavy (non-hydrogen) atoms. The van der Waals surface area contributed by atoms with Crippen LogP contribution in [0.4, 0.5) is 0 Å². The molecule has 0 aliphatic rings. The maximum absolute atomic E-state index is 12.4. The minimum absolute atomic E-state index is 0.0513. The number of Topliss-reactive ketones (excluding diaryl/α,β-unsaturated/α-hetero) is 1. The molecule has 0 saturated heterocycles. The number of ether oxygens (including phenoxy) is 2. The van der Waals surface area contributed by atoms with Crippen molar-refractivity contribution in [3.63, 3.8) is 0 Å². The molecule has 0 amide bonds. The van der Waals surface area contributed by atoms with Gasteiger partial charge in [-0.05, 0) is 36.4 Å². The van der Waals surface area contributed by atoms with E-state index in [2.05, 4.69) is 0 Å². The maximum Gasteiger partial charge on any atom is 0.200 e. The summed E-state index contributed by atoms with van der Waals surface area (Å²) in [5.41, 5.74) is 1.73. The van der Waals surface area contributed by atoms with Crippen molar-refractivity contribution < 1.29 is 19.1 Å². The minimum Gasteiger partial charge on any atom is -0.497 e. The Hall–Kier alpha value is -3.40. The van der Waals surface area contributed by atoms with E-state index in [1.165, 1.54) is 0 Å². The zero-order valence-electron chi connectivity index (χ0n) is 14.3. The summed E-state index contributed by atoms with van der Waals surface area (Å²) < 4.78 is 10.6. The average molecular weight is 346 g/mol. The van der Waals surface area contributed by atoms with Gasteiger partial charge < -0.3 is 9.47 Å². The molecule has 3 aromatic carbocycles. The molecule has 0 unspecified atom stereocenters. The van der Waals surface area contributed by atoms with Gasteiger partial charge in [0.1, 0.15) is 11.5 Å². The van der Waals surface area contributed by atoms with E-state index in [9.17, 15) is 9.59 Å². The van der Waals surface area contributed by atoms with Crippen molar-refractivity contribution in [2.75, 3.05) is 13.7 Å². The molecule has 0 spiro atoms. The first-order valence-corrected chi connectivity index (χ1v) is 8.17. The molecule has 0 bridgehead atoms. The second-order valence-corrected chi connectivity index (χ2v) is 5.66. The van der Waals surface area contributed by atoms with Gasteiger partial charge in [0.05, 0.1) is 7.11 Å². The summed E-state index contributed by atoms with van der Waals surface area (Å²) >= 11 is 0. The molecule has 0 atom stereocenters. The molecule has 0 N–H and O–H groups in total. The van der Waals surface area contributed by atoms with Gasteiger partial charge in [-0.25, -0.2) is 0 Å². The summed E-state index contributed by atoms with van der Waals surface area (Å²) in [6.45, 7) is -0.0842. The molecule has 3 rings (SSSR count). The monoisotopic (exact) mass is 346 g/mol. The molecule has 0 aliphatic heterocycles. The minimum atomic E-state index is -0.145. The first-order chi connectivity index (χ1) is 12.7. The second kappa shape index (κ2) is 8.12. The molecule has 0 heterocycles. The molecule has 4 nitrogen and oxygen atoms in total. The molecule has 0 saturated carbocycles. The number of methoxy groups -OCH3 is 1. The lowest BCUT2D eigenvalue weighted by atomic mass is 10.0. The highest BCUT2D eigenvalue weighted by Crippen LogP contribution is 2.17. The van der Waals surface area contributed by atoms with Crippen molar-refractivity contribution in [1.82, 2.24) is 0 Å². The van der Waals surface area contributed by atoms with Crippen molar-refractivity contribution in [1.29, 1.82) is 0 Å². The van der Waals surface area contributed by atoms with Gasteiger partial charge in [0.2, 0.25) is 0 Å². The number of hydrogen-bond acceptors (Lipinski definition) is 4. The topological polar surface area (TPSA) is 52.6 Å². The van der Waals surface area contributed by atoms with Crippen molar-refractivity contribution in [3.8, 4) is 11.5 Å². The van der Waals surface area contributed by atoms with E-state index in [1.54, 1.807) is 67.8 Å². The van der Waals surface area contributed by atoms with Gasteiger partial charge in [-0.1, -0.05) is 42.5 Å². The Morgan fingerprint density at radius 3 is 2.08 bits per heavy atom. The highest BCUT2D eigenvalue weighted by Gasteiger charge is 2.10. The van der Waals surface area contributed by atoms with Crippen molar-refractivity contribution in [2.45, 2.75) is 0 Å². The Balaban J connectivity index is 1.62. The van der Waals surface area contributed by atoms with Crippen molar-refractivity contribution in [3.05, 3.63) is 95.6 Å². The maximum atomic E-state index is 12.4. The van der Waals surface area contributed by atoms with Crippen LogP contribution in [0.15, 0.2) is 78.9 Å². The lowest BCUT2D eigenvalue weighted by Gasteiger charge is -2.07. The average Bonchev–Trinajstić information content (AvgIpc) is 2.72. The quantitative estimate of drug-likeness (QED) is 0.602. The SMILES string of the molecule is COc1cccc(C(=O)COc2ccc(C(=O)c3ccccc3)cc2)c1. The third-order valence-corrected chi connectivity index (χ3v) is 3.91. The summed E-state index contributed by atoms with van der Waals surface area (Å²) in [6.07, 6.45) is 0. The van der Waals surface area contributed by atoms with Crippen LogP contribution in [-0.2, 0) is 0 Å². The van der Waals surface area contributed by atoms with E-state index in [1.807, 2.05) is 18.2 Å². The standard InChI is InChI=1S/C22H18O4/c1-25-20-9-5-8-18(14-20)21(23)15-26-19-12-10-17(11-13-19)22(24)16-6-3-2-4-7-16/h2-14H,15H2,1H3. The number of carbonyl (C=O) groups excluding carboxylic acids is 2. The summed E-state index contributed by atoms with van der Waals surface area (Å²) in [6, 6.07) is 22.8. The Labute approximate surface area is 152 Å². The smallest absolute Gasteiger partial charge is 0.200 e. The van der Waals surface area contributed by atoms with E-state index >= 15 is 0 Å². The first-order valence-electron chi connectivity index (χ1n) is 8.17. The van der Waals surface area contributed by atoms with Gasteiger partial charge in [-0.3, -0.25) is 9.59 Å². The Morgan fingerprint density at radius 1 is 0.731 bits per heavy atom. The van der Waals surface area contributed by atoms with Crippen LogP contribution in [0.2, 0.25) is 0 Å². The largest absolute Gasteiger partial charge is 0.497 e. The lowest BCUT2D eigenvalue weighted by molar-refractivity contribution is 0.0920. The van der Waals surface area contributed by atoms with Crippen LogP contribution in [0.3, 0.4) is 0 Å². The van der Waals surface area contributed by atoms with E-state index in [4.69, 9.17) is 9.47 Å². The first kappa shape index (κ1) is 17.4. The van der Waals surface area contributed by atoms with E-state index in [0.29, 0.717) is 28.2 Å². The van der Waals surface area contributed by atoms with Gasteiger partial charge in [0.15, 0.2) is 18.2 Å². The zero-order valence-corrected chi connectivity index (χ0v) is 14.3. The van der Waals surface area contributed by atoms with Gasteiger partial charge in [-0.2, -0.15) is 0 Å². The predicted octanol–water partition coefficient (Wildman–Crippen LogP) is 4.19. The summed E-state index contributed by atoms with van der Waals surface area (Å²) in [7, 11) is 1.55. The van der Waals surface area contributed by atoms with Crippen molar-refractivity contribution in [2.24, 2.45) is 0 Å². The predicted molar refractivity (Wildman–Crippen MR) is 99.1 cm³/mol. The number of benzene rings is 3. The normalized spacial score (nSPS) is 10.2.